The highest BCUT2D eigenvalue weighted by atomic mass is 35.5. The van der Waals surface area contributed by atoms with Gasteiger partial charge < -0.3 is 5.32 Å². The summed E-state index contributed by atoms with van der Waals surface area (Å²) in [6.07, 6.45) is 4.59. The third-order valence-corrected chi connectivity index (χ3v) is 8.98. The van der Waals surface area contributed by atoms with Crippen molar-refractivity contribution >= 4 is 33.2 Å². The number of hydrogen-bond acceptors (Lipinski definition) is 5. The minimum atomic E-state index is -3.67. The normalized spacial score (nSPS) is 25.6. The van der Waals surface area contributed by atoms with Crippen LogP contribution < -0.4 is 10.0 Å². The van der Waals surface area contributed by atoms with Gasteiger partial charge in [-0.3, -0.25) is 9.88 Å². The average molecular weight is 515 g/mol. The van der Waals surface area contributed by atoms with Gasteiger partial charge in [-0.1, -0.05) is 35.3 Å². The molecule has 180 valence electrons. The SMILES string of the molecule is O=S(=O)(NC1CCC(F)(CC(c2cccc(Cl)c2Cl)N2CCNCC2)CC1)c1cccnc1. The molecule has 1 aromatic heterocycles. The Hall–Kier alpha value is -1.29. The molecule has 2 aliphatic rings. The highest BCUT2D eigenvalue weighted by Crippen LogP contribution is 2.43. The van der Waals surface area contributed by atoms with Gasteiger partial charge in [-0.15, -0.1) is 0 Å². The number of halogens is 3. The molecule has 4 rings (SSSR count). The maximum absolute atomic E-state index is 16.1. The fourth-order valence-electron chi connectivity index (χ4n) is 4.80. The molecule has 1 unspecified atom stereocenters. The first-order valence-electron chi connectivity index (χ1n) is 11.3. The van der Waals surface area contributed by atoms with Crippen molar-refractivity contribution in [3.8, 4) is 0 Å². The molecule has 33 heavy (non-hydrogen) atoms. The summed E-state index contributed by atoms with van der Waals surface area (Å²) in [5, 5.41) is 4.28. The zero-order valence-electron chi connectivity index (χ0n) is 18.3. The van der Waals surface area contributed by atoms with E-state index in [4.69, 9.17) is 23.2 Å². The second-order valence-corrected chi connectivity index (χ2v) is 11.4. The molecule has 2 heterocycles. The number of sulfonamides is 1. The first-order valence-corrected chi connectivity index (χ1v) is 13.5. The summed E-state index contributed by atoms with van der Waals surface area (Å²) < 4.78 is 44.1. The van der Waals surface area contributed by atoms with Crippen LogP contribution in [0.25, 0.3) is 0 Å². The summed E-state index contributed by atoms with van der Waals surface area (Å²) in [4.78, 5) is 6.27. The molecule has 2 aromatic rings. The number of benzene rings is 1. The van der Waals surface area contributed by atoms with E-state index in [0.29, 0.717) is 29.3 Å². The summed E-state index contributed by atoms with van der Waals surface area (Å²) in [5.41, 5.74) is -0.556. The number of rotatable bonds is 7. The van der Waals surface area contributed by atoms with Crippen molar-refractivity contribution in [3.05, 3.63) is 58.3 Å². The van der Waals surface area contributed by atoms with Crippen molar-refractivity contribution < 1.29 is 12.8 Å². The Kier molecular flexibility index (Phi) is 7.93. The predicted molar refractivity (Wildman–Crippen MR) is 129 cm³/mol. The summed E-state index contributed by atoms with van der Waals surface area (Å²) in [6.45, 7) is 3.28. The summed E-state index contributed by atoms with van der Waals surface area (Å²) in [7, 11) is -3.67. The van der Waals surface area contributed by atoms with Gasteiger partial charge in [0.15, 0.2) is 0 Å². The second-order valence-electron chi connectivity index (χ2n) is 8.88. The molecule has 1 saturated carbocycles. The number of hydrogen-bond donors (Lipinski definition) is 2. The van der Waals surface area contributed by atoms with E-state index in [1.807, 2.05) is 12.1 Å². The maximum atomic E-state index is 16.1. The number of nitrogens with zero attached hydrogens (tertiary/aromatic N) is 2. The fourth-order valence-corrected chi connectivity index (χ4v) is 6.51. The number of pyridine rings is 1. The first-order chi connectivity index (χ1) is 15.8. The van der Waals surface area contributed by atoms with Crippen LogP contribution in [0.3, 0.4) is 0 Å². The Morgan fingerprint density at radius 1 is 1.18 bits per heavy atom. The third kappa shape index (κ3) is 6.05. The summed E-state index contributed by atoms with van der Waals surface area (Å²) in [5.74, 6) is 0. The van der Waals surface area contributed by atoms with Crippen LogP contribution in [-0.2, 0) is 10.0 Å². The number of aromatic nitrogens is 1. The van der Waals surface area contributed by atoms with Gasteiger partial charge in [-0.05, 0) is 49.4 Å². The lowest BCUT2D eigenvalue weighted by atomic mass is 9.78. The van der Waals surface area contributed by atoms with Gasteiger partial charge in [-0.25, -0.2) is 17.5 Å². The van der Waals surface area contributed by atoms with E-state index >= 15 is 4.39 Å². The van der Waals surface area contributed by atoms with Crippen molar-refractivity contribution in [2.45, 2.75) is 54.8 Å². The van der Waals surface area contributed by atoms with E-state index in [-0.39, 0.29) is 29.8 Å². The van der Waals surface area contributed by atoms with Crippen molar-refractivity contribution in [3.63, 3.8) is 0 Å². The number of nitrogens with one attached hydrogen (secondary N) is 2. The lowest BCUT2D eigenvalue weighted by Crippen LogP contribution is -2.48. The Labute approximate surface area is 204 Å². The van der Waals surface area contributed by atoms with E-state index in [1.54, 1.807) is 12.1 Å². The molecule has 0 amide bonds. The summed E-state index contributed by atoms with van der Waals surface area (Å²) in [6, 6.07) is 8.13. The van der Waals surface area contributed by atoms with Crippen LogP contribution in [-0.4, -0.2) is 56.2 Å². The minimum absolute atomic E-state index is 0.122. The van der Waals surface area contributed by atoms with E-state index in [1.165, 1.54) is 18.5 Å². The van der Waals surface area contributed by atoms with Crippen LogP contribution in [0.15, 0.2) is 47.6 Å². The van der Waals surface area contributed by atoms with Gasteiger partial charge in [0.05, 0.1) is 10.0 Å². The van der Waals surface area contributed by atoms with Crippen molar-refractivity contribution in [2.24, 2.45) is 0 Å². The lowest BCUT2D eigenvalue weighted by Gasteiger charge is -2.41. The van der Waals surface area contributed by atoms with E-state index < -0.39 is 15.7 Å². The second kappa shape index (κ2) is 10.5. The largest absolute Gasteiger partial charge is 0.314 e. The van der Waals surface area contributed by atoms with Crippen molar-refractivity contribution in [1.29, 1.82) is 0 Å². The lowest BCUT2D eigenvalue weighted by molar-refractivity contribution is 0.0404. The third-order valence-electron chi connectivity index (χ3n) is 6.64. The topological polar surface area (TPSA) is 74.3 Å². The highest BCUT2D eigenvalue weighted by molar-refractivity contribution is 7.89. The Morgan fingerprint density at radius 3 is 2.58 bits per heavy atom. The van der Waals surface area contributed by atoms with Gasteiger partial charge >= 0.3 is 0 Å². The Morgan fingerprint density at radius 2 is 1.91 bits per heavy atom. The van der Waals surface area contributed by atoms with Crippen LogP contribution >= 0.6 is 23.2 Å². The molecule has 1 aromatic carbocycles. The maximum Gasteiger partial charge on any atom is 0.242 e. The summed E-state index contributed by atoms with van der Waals surface area (Å²) >= 11 is 12.8. The van der Waals surface area contributed by atoms with E-state index in [9.17, 15) is 8.42 Å². The van der Waals surface area contributed by atoms with Crippen LogP contribution in [0.5, 0.6) is 0 Å². The predicted octanol–water partition coefficient (Wildman–Crippen LogP) is 4.35. The van der Waals surface area contributed by atoms with Gasteiger partial charge in [0, 0.05) is 57.1 Å². The first kappa shape index (κ1) is 24.8. The monoisotopic (exact) mass is 514 g/mol. The molecule has 0 bridgehead atoms. The zero-order valence-corrected chi connectivity index (χ0v) is 20.6. The van der Waals surface area contributed by atoms with Crippen LogP contribution in [0.1, 0.15) is 43.7 Å². The van der Waals surface area contributed by atoms with Crippen molar-refractivity contribution in [1.82, 2.24) is 19.9 Å². The Bertz CT molecular complexity index is 1040. The fraction of sp³-hybridized carbons (Fsp3) is 0.522. The highest BCUT2D eigenvalue weighted by Gasteiger charge is 2.41. The minimum Gasteiger partial charge on any atom is -0.314 e. The number of alkyl halides is 1. The molecule has 10 heteroatoms. The molecule has 1 saturated heterocycles. The van der Waals surface area contributed by atoms with E-state index in [2.05, 4.69) is 19.9 Å². The zero-order chi connectivity index (χ0) is 23.5. The van der Waals surface area contributed by atoms with Crippen molar-refractivity contribution in [2.75, 3.05) is 26.2 Å². The molecule has 0 radical (unpaired) electrons. The van der Waals surface area contributed by atoms with Crippen LogP contribution in [0.4, 0.5) is 4.39 Å². The van der Waals surface area contributed by atoms with E-state index in [0.717, 1.165) is 31.7 Å². The number of piperazine rings is 1. The molecule has 6 nitrogen and oxygen atoms in total. The molecule has 1 aliphatic carbocycles. The Balaban J connectivity index is 1.46. The molecular weight excluding hydrogens is 486 g/mol. The molecule has 1 atom stereocenters. The molecule has 2 fully saturated rings. The van der Waals surface area contributed by atoms with Gasteiger partial charge in [0.1, 0.15) is 10.6 Å². The van der Waals surface area contributed by atoms with Gasteiger partial charge in [-0.2, -0.15) is 0 Å². The van der Waals surface area contributed by atoms with Gasteiger partial charge in [0.2, 0.25) is 10.0 Å². The standard InChI is InChI=1S/C23H29Cl2FN4O2S/c24-20-5-1-4-19(22(20)25)21(30-13-11-27-12-14-30)15-23(26)8-6-17(7-9-23)29-33(31,32)18-3-2-10-28-16-18/h1-5,10,16-17,21,27,29H,6-9,11-15H2. The van der Waals surface area contributed by atoms with Crippen LogP contribution in [0, 0.1) is 0 Å². The molecule has 2 N–H and O–H groups in total. The molecule has 0 spiro atoms. The van der Waals surface area contributed by atoms with Gasteiger partial charge in [0.25, 0.3) is 0 Å². The van der Waals surface area contributed by atoms with Crippen LogP contribution in [0.2, 0.25) is 10.0 Å². The quantitative estimate of drug-likeness (QED) is 0.574. The molecular formula is C23H29Cl2FN4O2S. The smallest absolute Gasteiger partial charge is 0.242 e. The molecule has 1 aliphatic heterocycles. The average Bonchev–Trinajstić information content (AvgIpc) is 2.82.